The summed E-state index contributed by atoms with van der Waals surface area (Å²) in [5, 5.41) is 8.94. The van der Waals surface area contributed by atoms with E-state index in [1.807, 2.05) is 6.07 Å². The van der Waals surface area contributed by atoms with Crippen LogP contribution >= 0.6 is 0 Å². The first-order chi connectivity index (χ1) is 11.0. The number of esters is 2. The molecule has 0 atom stereocenters. The number of carbonyl (C=O) groups excluding carboxylic acids is 2. The highest BCUT2D eigenvalue weighted by molar-refractivity contribution is 6.03. The molecule has 0 aliphatic carbocycles. The van der Waals surface area contributed by atoms with Gasteiger partial charge in [0, 0.05) is 5.69 Å². The molecule has 0 saturated heterocycles. The molecule has 8 heteroatoms. The maximum atomic E-state index is 13.7. The summed E-state index contributed by atoms with van der Waals surface area (Å²) in [5.74, 6) is -2.21. The van der Waals surface area contributed by atoms with E-state index in [1.165, 1.54) is 18.1 Å². The van der Waals surface area contributed by atoms with Gasteiger partial charge in [-0.05, 0) is 18.2 Å². The van der Waals surface area contributed by atoms with Gasteiger partial charge in [-0.25, -0.2) is 14.0 Å². The van der Waals surface area contributed by atoms with Crippen LogP contribution < -0.4 is 4.90 Å². The Hall–Kier alpha value is -2.92. The predicted octanol–water partition coefficient (Wildman–Crippen LogP) is 1.09. The zero-order valence-electron chi connectivity index (χ0n) is 12.5. The van der Waals surface area contributed by atoms with Crippen LogP contribution in [0.3, 0.4) is 0 Å². The smallest absolute Gasteiger partial charge is 0.355 e. The molecule has 0 fully saturated rings. The van der Waals surface area contributed by atoms with Crippen LogP contribution in [0.4, 0.5) is 10.1 Å². The van der Waals surface area contributed by atoms with E-state index in [0.717, 1.165) is 19.2 Å². The van der Waals surface area contributed by atoms with Crippen LogP contribution in [0, 0.1) is 17.1 Å². The molecule has 0 bridgehead atoms. The average Bonchev–Trinajstić information content (AvgIpc) is 2.58. The molecule has 0 spiro atoms. The fourth-order valence-corrected chi connectivity index (χ4v) is 2.14. The summed E-state index contributed by atoms with van der Waals surface area (Å²) in [4.78, 5) is 25.2. The minimum absolute atomic E-state index is 0.0478. The van der Waals surface area contributed by atoms with Crippen molar-refractivity contribution in [2.75, 3.05) is 32.5 Å². The van der Waals surface area contributed by atoms with E-state index in [-0.39, 0.29) is 35.9 Å². The van der Waals surface area contributed by atoms with Crippen LogP contribution in [-0.2, 0) is 23.8 Å². The molecular formula is C15H13FN2O5. The Morgan fingerprint density at radius 1 is 1.26 bits per heavy atom. The number of nitriles is 1. The Bertz CT molecular complexity index is 723. The number of ether oxygens (including phenoxy) is 3. The fraction of sp³-hybridized carbons (Fsp3) is 0.267. The molecular weight excluding hydrogens is 307 g/mol. The highest BCUT2D eigenvalue weighted by Crippen LogP contribution is 2.28. The van der Waals surface area contributed by atoms with Gasteiger partial charge in [0.1, 0.15) is 18.2 Å². The van der Waals surface area contributed by atoms with Gasteiger partial charge in [-0.1, -0.05) is 0 Å². The number of anilines is 1. The molecule has 1 aromatic rings. The lowest BCUT2D eigenvalue weighted by Crippen LogP contribution is -2.38. The third-order valence-electron chi connectivity index (χ3n) is 3.16. The van der Waals surface area contributed by atoms with E-state index < -0.39 is 17.8 Å². The van der Waals surface area contributed by atoms with Crippen LogP contribution in [0.1, 0.15) is 5.56 Å². The van der Waals surface area contributed by atoms with Gasteiger partial charge in [-0.3, -0.25) is 0 Å². The SMILES string of the molecule is COC(=O)C1=C(C(=O)OC)N(c2cc(F)cc(C#N)c2)COC1. The van der Waals surface area contributed by atoms with Crippen molar-refractivity contribution in [2.45, 2.75) is 0 Å². The molecule has 0 amide bonds. The Morgan fingerprint density at radius 2 is 1.96 bits per heavy atom. The van der Waals surface area contributed by atoms with Crippen molar-refractivity contribution in [1.82, 2.24) is 0 Å². The van der Waals surface area contributed by atoms with Gasteiger partial charge in [0.2, 0.25) is 0 Å². The average molecular weight is 320 g/mol. The van der Waals surface area contributed by atoms with E-state index in [9.17, 15) is 14.0 Å². The highest BCUT2D eigenvalue weighted by Gasteiger charge is 2.32. The van der Waals surface area contributed by atoms with Crippen LogP contribution in [0.25, 0.3) is 0 Å². The zero-order valence-corrected chi connectivity index (χ0v) is 12.5. The molecule has 1 aliphatic rings. The quantitative estimate of drug-likeness (QED) is 0.770. The van der Waals surface area contributed by atoms with Gasteiger partial charge in [0.25, 0.3) is 0 Å². The standard InChI is InChI=1S/C15H13FN2O5/c1-21-14(19)12-7-23-8-18(13(12)15(20)22-2)11-4-9(6-17)3-10(16)5-11/h3-5H,7-8H2,1-2H3. The monoisotopic (exact) mass is 320 g/mol. The third-order valence-corrected chi connectivity index (χ3v) is 3.16. The topological polar surface area (TPSA) is 88.9 Å². The van der Waals surface area contributed by atoms with Crippen LogP contribution in [-0.4, -0.2) is 39.5 Å². The second kappa shape index (κ2) is 6.89. The highest BCUT2D eigenvalue weighted by atomic mass is 19.1. The first-order valence-electron chi connectivity index (χ1n) is 6.47. The Labute approximate surface area is 131 Å². The van der Waals surface area contributed by atoms with Crippen molar-refractivity contribution in [3.05, 3.63) is 40.8 Å². The predicted molar refractivity (Wildman–Crippen MR) is 75.5 cm³/mol. The lowest BCUT2D eigenvalue weighted by atomic mass is 10.1. The number of halogens is 1. The molecule has 7 nitrogen and oxygen atoms in total. The van der Waals surface area contributed by atoms with E-state index in [0.29, 0.717) is 0 Å². The molecule has 0 aromatic heterocycles. The summed E-state index contributed by atoms with van der Waals surface area (Å²) in [6.45, 7) is -0.257. The van der Waals surface area contributed by atoms with Crippen molar-refractivity contribution in [3.63, 3.8) is 0 Å². The summed E-state index contributed by atoms with van der Waals surface area (Å²) >= 11 is 0. The molecule has 120 valence electrons. The second-order valence-electron chi connectivity index (χ2n) is 4.53. The zero-order chi connectivity index (χ0) is 17.0. The number of hydrogen-bond donors (Lipinski definition) is 0. The van der Waals surface area contributed by atoms with Crippen LogP contribution in [0.2, 0.25) is 0 Å². The molecule has 0 radical (unpaired) electrons. The van der Waals surface area contributed by atoms with E-state index in [2.05, 4.69) is 4.74 Å². The van der Waals surface area contributed by atoms with Crippen molar-refractivity contribution in [2.24, 2.45) is 0 Å². The third kappa shape index (κ3) is 3.30. The number of carbonyl (C=O) groups is 2. The summed E-state index contributed by atoms with van der Waals surface area (Å²) < 4.78 is 28.2. The normalized spacial score (nSPS) is 14.3. The number of hydrogen-bond acceptors (Lipinski definition) is 7. The first-order valence-corrected chi connectivity index (χ1v) is 6.47. The molecule has 2 rings (SSSR count). The fourth-order valence-electron chi connectivity index (χ4n) is 2.14. The van der Waals surface area contributed by atoms with Crippen LogP contribution in [0.15, 0.2) is 29.5 Å². The number of methoxy groups -OCH3 is 2. The van der Waals surface area contributed by atoms with Gasteiger partial charge in [0.05, 0.1) is 38.0 Å². The molecule has 1 aliphatic heterocycles. The molecule has 0 saturated carbocycles. The van der Waals surface area contributed by atoms with E-state index in [4.69, 9.17) is 14.7 Å². The van der Waals surface area contributed by atoms with E-state index in [1.54, 1.807) is 0 Å². The lowest BCUT2D eigenvalue weighted by molar-refractivity contribution is -0.140. The summed E-state index contributed by atoms with van der Waals surface area (Å²) in [5.41, 5.74) is 0.0888. The summed E-state index contributed by atoms with van der Waals surface area (Å²) in [7, 11) is 2.32. The summed E-state index contributed by atoms with van der Waals surface area (Å²) in [6.07, 6.45) is 0. The maximum absolute atomic E-state index is 13.7. The van der Waals surface area contributed by atoms with E-state index >= 15 is 0 Å². The van der Waals surface area contributed by atoms with Crippen molar-refractivity contribution >= 4 is 17.6 Å². The summed E-state index contributed by atoms with van der Waals surface area (Å²) in [6, 6.07) is 5.36. The molecule has 1 heterocycles. The Kier molecular flexibility index (Phi) is 4.93. The number of nitrogens with zero attached hydrogens (tertiary/aromatic N) is 2. The van der Waals surface area contributed by atoms with Crippen molar-refractivity contribution in [1.29, 1.82) is 5.26 Å². The first kappa shape index (κ1) is 16.5. The Morgan fingerprint density at radius 3 is 2.57 bits per heavy atom. The molecule has 0 unspecified atom stereocenters. The van der Waals surface area contributed by atoms with Crippen molar-refractivity contribution < 1.29 is 28.2 Å². The van der Waals surface area contributed by atoms with Gasteiger partial charge in [-0.2, -0.15) is 5.26 Å². The lowest BCUT2D eigenvalue weighted by Gasteiger charge is -2.31. The number of benzene rings is 1. The number of rotatable bonds is 3. The second-order valence-corrected chi connectivity index (χ2v) is 4.53. The van der Waals surface area contributed by atoms with Crippen molar-refractivity contribution in [3.8, 4) is 6.07 Å². The van der Waals surface area contributed by atoms with Gasteiger partial charge in [-0.15, -0.1) is 0 Å². The largest absolute Gasteiger partial charge is 0.466 e. The maximum Gasteiger partial charge on any atom is 0.355 e. The van der Waals surface area contributed by atoms with Gasteiger partial charge < -0.3 is 19.1 Å². The molecule has 1 aromatic carbocycles. The molecule has 23 heavy (non-hydrogen) atoms. The minimum Gasteiger partial charge on any atom is -0.466 e. The van der Waals surface area contributed by atoms with Gasteiger partial charge in [0.15, 0.2) is 0 Å². The van der Waals surface area contributed by atoms with Crippen LogP contribution in [0.5, 0.6) is 0 Å². The Balaban J connectivity index is 2.60. The molecule has 0 N–H and O–H groups in total. The van der Waals surface area contributed by atoms with Gasteiger partial charge >= 0.3 is 11.9 Å². The minimum atomic E-state index is -0.795.